The molecule has 4 rings (SSSR count). The second-order valence-corrected chi connectivity index (χ2v) is 7.84. The van der Waals surface area contributed by atoms with Gasteiger partial charge in [0.15, 0.2) is 5.16 Å². The number of nitrogens with one attached hydrogen (secondary N) is 1. The fourth-order valence-electron chi connectivity index (χ4n) is 2.92. The molecule has 0 aliphatic carbocycles. The summed E-state index contributed by atoms with van der Waals surface area (Å²) < 4.78 is 5.49. The van der Waals surface area contributed by atoms with Crippen LogP contribution in [0.3, 0.4) is 0 Å². The van der Waals surface area contributed by atoms with Crippen LogP contribution in [0, 0.1) is 13.8 Å². The Hall–Kier alpha value is -3.45. The molecular weight excluding hydrogens is 396 g/mol. The first-order valence-electron chi connectivity index (χ1n) is 9.45. The van der Waals surface area contributed by atoms with Gasteiger partial charge < -0.3 is 9.73 Å². The van der Waals surface area contributed by atoms with Crippen LogP contribution in [0.25, 0.3) is 11.5 Å². The predicted octanol–water partition coefficient (Wildman–Crippen LogP) is 5.08. The molecule has 0 atom stereocenters. The molecule has 0 spiro atoms. The molecular formula is C23H20N4O2S. The van der Waals surface area contributed by atoms with E-state index in [1.165, 1.54) is 18.0 Å². The van der Waals surface area contributed by atoms with E-state index in [2.05, 4.69) is 20.3 Å². The fraction of sp³-hybridized carbons (Fsp3) is 0.130. The van der Waals surface area contributed by atoms with Crippen molar-refractivity contribution in [2.24, 2.45) is 0 Å². The van der Waals surface area contributed by atoms with E-state index < -0.39 is 0 Å². The molecule has 0 unspecified atom stereocenters. The average Bonchev–Trinajstić information content (AvgIpc) is 3.18. The lowest BCUT2D eigenvalue weighted by Crippen LogP contribution is -2.14. The first kappa shape index (κ1) is 19.8. The van der Waals surface area contributed by atoms with Gasteiger partial charge in [-0.05, 0) is 68.1 Å². The van der Waals surface area contributed by atoms with Crippen molar-refractivity contribution < 1.29 is 9.21 Å². The Labute approximate surface area is 178 Å². The van der Waals surface area contributed by atoms with E-state index in [0.29, 0.717) is 16.7 Å². The Morgan fingerprint density at radius 1 is 0.967 bits per heavy atom. The molecule has 4 aromatic rings. The van der Waals surface area contributed by atoms with Gasteiger partial charge in [-0.2, -0.15) is 0 Å². The summed E-state index contributed by atoms with van der Waals surface area (Å²) in [6, 6.07) is 19.1. The number of anilines is 1. The Balaban J connectivity index is 1.35. The van der Waals surface area contributed by atoms with Crippen molar-refractivity contribution in [1.82, 2.24) is 15.0 Å². The number of aryl methyl sites for hydroxylation is 2. The maximum atomic E-state index is 12.4. The van der Waals surface area contributed by atoms with Crippen LogP contribution in [0.15, 0.2) is 81.4 Å². The van der Waals surface area contributed by atoms with Crippen molar-refractivity contribution in [2.45, 2.75) is 30.3 Å². The van der Waals surface area contributed by atoms with Gasteiger partial charge in [0.1, 0.15) is 6.26 Å². The monoisotopic (exact) mass is 416 g/mol. The molecule has 0 aliphatic heterocycles. The standard InChI is InChI=1S/C23H20N4O2S/c1-15-12-16(2)25-23(24-15)30-20-10-8-18(9-11-20)26-21(28)13-19-14-29-22(27-19)17-6-4-3-5-7-17/h3-12,14H,13H2,1-2H3,(H,26,28). The fourth-order valence-corrected chi connectivity index (χ4v) is 3.78. The molecule has 0 aliphatic rings. The smallest absolute Gasteiger partial charge is 0.230 e. The molecule has 1 amide bonds. The van der Waals surface area contributed by atoms with Gasteiger partial charge in [-0.3, -0.25) is 4.79 Å². The second-order valence-electron chi connectivity index (χ2n) is 6.79. The van der Waals surface area contributed by atoms with Crippen LogP contribution in [-0.2, 0) is 11.2 Å². The highest BCUT2D eigenvalue weighted by Crippen LogP contribution is 2.26. The zero-order valence-corrected chi connectivity index (χ0v) is 17.4. The molecule has 30 heavy (non-hydrogen) atoms. The van der Waals surface area contributed by atoms with Crippen molar-refractivity contribution in [3.63, 3.8) is 0 Å². The number of hydrogen-bond donors (Lipinski definition) is 1. The Kier molecular flexibility index (Phi) is 5.90. The lowest BCUT2D eigenvalue weighted by Gasteiger charge is -2.06. The maximum Gasteiger partial charge on any atom is 0.230 e. The van der Waals surface area contributed by atoms with Crippen LogP contribution < -0.4 is 5.32 Å². The third kappa shape index (κ3) is 5.12. The van der Waals surface area contributed by atoms with Gasteiger partial charge in [-0.1, -0.05) is 18.2 Å². The minimum Gasteiger partial charge on any atom is -0.444 e. The van der Waals surface area contributed by atoms with Gasteiger partial charge >= 0.3 is 0 Å². The largest absolute Gasteiger partial charge is 0.444 e. The minimum absolute atomic E-state index is 0.142. The van der Waals surface area contributed by atoms with E-state index >= 15 is 0 Å². The number of benzene rings is 2. The van der Waals surface area contributed by atoms with Crippen LogP contribution in [0.2, 0.25) is 0 Å². The summed E-state index contributed by atoms with van der Waals surface area (Å²) in [7, 11) is 0. The summed E-state index contributed by atoms with van der Waals surface area (Å²) in [4.78, 5) is 26.6. The number of carbonyl (C=O) groups excluding carboxylic acids is 1. The first-order chi connectivity index (χ1) is 14.5. The third-order valence-corrected chi connectivity index (χ3v) is 5.10. The van der Waals surface area contributed by atoms with Gasteiger partial charge in [0.2, 0.25) is 11.8 Å². The number of hydrogen-bond acceptors (Lipinski definition) is 6. The van der Waals surface area contributed by atoms with E-state index in [1.807, 2.05) is 74.5 Å². The van der Waals surface area contributed by atoms with Gasteiger partial charge in [-0.25, -0.2) is 15.0 Å². The van der Waals surface area contributed by atoms with Crippen LogP contribution in [0.5, 0.6) is 0 Å². The number of amides is 1. The Morgan fingerprint density at radius 3 is 2.37 bits per heavy atom. The summed E-state index contributed by atoms with van der Waals surface area (Å²) in [5.74, 6) is 0.356. The average molecular weight is 417 g/mol. The molecule has 0 radical (unpaired) electrons. The van der Waals surface area contributed by atoms with Crippen LogP contribution in [0.4, 0.5) is 5.69 Å². The van der Waals surface area contributed by atoms with Crippen LogP contribution in [0.1, 0.15) is 17.1 Å². The van der Waals surface area contributed by atoms with E-state index in [4.69, 9.17) is 4.42 Å². The summed E-state index contributed by atoms with van der Waals surface area (Å²) in [5.41, 5.74) is 4.07. The summed E-state index contributed by atoms with van der Waals surface area (Å²) in [6.45, 7) is 3.91. The predicted molar refractivity (Wildman–Crippen MR) is 116 cm³/mol. The topological polar surface area (TPSA) is 80.9 Å². The minimum atomic E-state index is -0.152. The van der Waals surface area contributed by atoms with E-state index in [-0.39, 0.29) is 12.3 Å². The van der Waals surface area contributed by atoms with E-state index in [9.17, 15) is 4.79 Å². The molecule has 0 saturated heterocycles. The quantitative estimate of drug-likeness (QED) is 0.442. The van der Waals surface area contributed by atoms with Crippen LogP contribution in [-0.4, -0.2) is 20.9 Å². The SMILES string of the molecule is Cc1cc(C)nc(Sc2ccc(NC(=O)Cc3coc(-c4ccccc4)n3)cc2)n1. The molecule has 7 heteroatoms. The third-order valence-electron chi connectivity index (χ3n) is 4.22. The summed E-state index contributed by atoms with van der Waals surface area (Å²) in [5, 5.41) is 3.60. The Morgan fingerprint density at radius 2 is 1.67 bits per heavy atom. The van der Waals surface area contributed by atoms with Gasteiger partial charge in [0.05, 0.1) is 12.1 Å². The van der Waals surface area contributed by atoms with Crippen LogP contribution >= 0.6 is 11.8 Å². The molecule has 2 heterocycles. The highest BCUT2D eigenvalue weighted by molar-refractivity contribution is 7.99. The number of aromatic nitrogens is 3. The van der Waals surface area contributed by atoms with Gasteiger partial charge in [0.25, 0.3) is 0 Å². The highest BCUT2D eigenvalue weighted by Gasteiger charge is 2.11. The lowest BCUT2D eigenvalue weighted by atomic mass is 10.2. The summed E-state index contributed by atoms with van der Waals surface area (Å²) >= 11 is 1.49. The van der Waals surface area contributed by atoms with Crippen molar-refractivity contribution in [1.29, 1.82) is 0 Å². The van der Waals surface area contributed by atoms with Gasteiger partial charge in [-0.15, -0.1) is 0 Å². The van der Waals surface area contributed by atoms with E-state index in [0.717, 1.165) is 27.5 Å². The molecule has 0 fully saturated rings. The molecule has 2 aromatic heterocycles. The second kappa shape index (κ2) is 8.92. The number of oxazole rings is 1. The summed E-state index contributed by atoms with van der Waals surface area (Å²) in [6.07, 6.45) is 1.66. The number of carbonyl (C=O) groups is 1. The molecule has 6 nitrogen and oxygen atoms in total. The zero-order valence-electron chi connectivity index (χ0n) is 16.6. The maximum absolute atomic E-state index is 12.4. The molecule has 0 bridgehead atoms. The van der Waals surface area contributed by atoms with Crippen molar-refractivity contribution in [2.75, 3.05) is 5.32 Å². The lowest BCUT2D eigenvalue weighted by molar-refractivity contribution is -0.115. The molecule has 0 saturated carbocycles. The van der Waals surface area contributed by atoms with Gasteiger partial charge in [0, 0.05) is 27.5 Å². The Bertz CT molecular complexity index is 1140. The van der Waals surface area contributed by atoms with Crippen molar-refractivity contribution in [3.05, 3.63) is 84.0 Å². The first-order valence-corrected chi connectivity index (χ1v) is 10.3. The molecule has 150 valence electrons. The molecule has 2 aromatic carbocycles. The number of rotatable bonds is 6. The van der Waals surface area contributed by atoms with Crippen molar-refractivity contribution >= 4 is 23.4 Å². The normalized spacial score (nSPS) is 10.7. The van der Waals surface area contributed by atoms with E-state index in [1.54, 1.807) is 0 Å². The highest BCUT2D eigenvalue weighted by atomic mass is 32.2. The van der Waals surface area contributed by atoms with Crippen molar-refractivity contribution in [3.8, 4) is 11.5 Å². The zero-order chi connectivity index (χ0) is 20.9. The molecule has 1 N–H and O–H groups in total. The number of nitrogens with zero attached hydrogens (tertiary/aromatic N) is 3.